The summed E-state index contributed by atoms with van der Waals surface area (Å²) in [4.78, 5) is 4.86. The predicted octanol–water partition coefficient (Wildman–Crippen LogP) is 4.64. The standard InChI is InChI=1S/C26H25NO3/c1-24(2)18-29-23(27-24)26(22(28)19-12-6-3-7-13-19)25(30-26,20-14-8-4-9-15-20)21-16-10-5-11-17-21/h3-17,22,28H,18H2,1-2H3/t22-,26+/m0/s1. The molecule has 0 amide bonds. The lowest BCUT2D eigenvalue weighted by atomic mass is 9.76. The Bertz CT molecular complexity index is 1020. The van der Waals surface area contributed by atoms with Gasteiger partial charge in [0.15, 0.2) is 5.60 Å². The lowest BCUT2D eigenvalue weighted by molar-refractivity contribution is 0.0959. The smallest absolute Gasteiger partial charge is 0.224 e. The summed E-state index contributed by atoms with van der Waals surface area (Å²) in [6.07, 6.45) is -0.952. The van der Waals surface area contributed by atoms with Crippen molar-refractivity contribution in [3.05, 3.63) is 108 Å². The first-order valence-corrected chi connectivity index (χ1v) is 10.3. The van der Waals surface area contributed by atoms with Gasteiger partial charge in [-0.25, -0.2) is 4.99 Å². The number of hydrogen-bond acceptors (Lipinski definition) is 4. The van der Waals surface area contributed by atoms with Crippen molar-refractivity contribution < 1.29 is 14.6 Å². The topological polar surface area (TPSA) is 54.4 Å². The highest BCUT2D eigenvalue weighted by molar-refractivity contribution is 5.94. The summed E-state index contributed by atoms with van der Waals surface area (Å²) in [6.45, 7) is 4.50. The molecule has 0 saturated carbocycles. The maximum Gasteiger partial charge on any atom is 0.224 e. The minimum absolute atomic E-state index is 0.371. The third kappa shape index (κ3) is 2.72. The van der Waals surface area contributed by atoms with E-state index in [1.807, 2.05) is 105 Å². The summed E-state index contributed by atoms with van der Waals surface area (Å²) in [7, 11) is 0. The van der Waals surface area contributed by atoms with Crippen LogP contribution in [0, 0.1) is 0 Å². The molecule has 2 aliphatic rings. The van der Waals surface area contributed by atoms with Crippen LogP contribution >= 0.6 is 0 Å². The molecule has 2 aliphatic heterocycles. The van der Waals surface area contributed by atoms with Crippen molar-refractivity contribution in [3.8, 4) is 0 Å². The van der Waals surface area contributed by atoms with Crippen molar-refractivity contribution >= 4 is 5.90 Å². The van der Waals surface area contributed by atoms with E-state index in [1.54, 1.807) is 0 Å². The van der Waals surface area contributed by atoms with Crippen LogP contribution in [0.3, 0.4) is 0 Å². The Kier molecular flexibility index (Phi) is 4.31. The molecule has 4 nitrogen and oxygen atoms in total. The Hall–Kier alpha value is -2.95. The molecule has 0 radical (unpaired) electrons. The highest BCUT2D eigenvalue weighted by Gasteiger charge is 2.80. The molecule has 3 aromatic carbocycles. The van der Waals surface area contributed by atoms with E-state index in [0.717, 1.165) is 16.7 Å². The molecule has 1 N–H and O–H groups in total. The van der Waals surface area contributed by atoms with Gasteiger partial charge in [-0.05, 0) is 30.5 Å². The zero-order valence-electron chi connectivity index (χ0n) is 17.2. The first-order valence-electron chi connectivity index (χ1n) is 10.3. The predicted molar refractivity (Wildman–Crippen MR) is 116 cm³/mol. The molecule has 0 unspecified atom stereocenters. The Morgan fingerprint density at radius 2 is 1.30 bits per heavy atom. The maximum absolute atomic E-state index is 11.7. The highest BCUT2D eigenvalue weighted by atomic mass is 16.7. The molecule has 1 saturated heterocycles. The fourth-order valence-electron chi connectivity index (χ4n) is 4.48. The van der Waals surface area contributed by atoms with Crippen LogP contribution in [0.1, 0.15) is 36.6 Å². The summed E-state index contributed by atoms with van der Waals surface area (Å²) in [5, 5.41) is 11.7. The van der Waals surface area contributed by atoms with E-state index in [2.05, 4.69) is 0 Å². The van der Waals surface area contributed by atoms with Crippen molar-refractivity contribution in [2.45, 2.75) is 36.7 Å². The number of aliphatic imine (C=N–C) groups is 1. The first-order chi connectivity index (χ1) is 14.5. The summed E-state index contributed by atoms with van der Waals surface area (Å²) in [6, 6.07) is 29.7. The normalized spacial score (nSPS) is 24.6. The van der Waals surface area contributed by atoms with Crippen LogP contribution in [0.5, 0.6) is 0 Å². The number of benzene rings is 3. The minimum atomic E-state index is -1.15. The first kappa shape index (κ1) is 19.0. The molecule has 0 bridgehead atoms. The number of hydrogen-bond donors (Lipinski definition) is 1. The van der Waals surface area contributed by atoms with Gasteiger partial charge >= 0.3 is 0 Å². The molecule has 5 rings (SSSR count). The van der Waals surface area contributed by atoms with Gasteiger partial charge in [-0.2, -0.15) is 0 Å². The van der Waals surface area contributed by atoms with Crippen molar-refractivity contribution in [1.29, 1.82) is 0 Å². The van der Waals surface area contributed by atoms with Gasteiger partial charge in [0.2, 0.25) is 11.5 Å². The SMILES string of the molecule is CC1(C)COC([C@@]2([C@@H](O)c3ccccc3)OC2(c2ccccc2)c2ccccc2)=N1. The van der Waals surface area contributed by atoms with E-state index >= 15 is 0 Å². The highest BCUT2D eigenvalue weighted by Crippen LogP contribution is 2.66. The van der Waals surface area contributed by atoms with Gasteiger partial charge in [0.25, 0.3) is 0 Å². The van der Waals surface area contributed by atoms with Crippen molar-refractivity contribution in [3.63, 3.8) is 0 Å². The summed E-state index contributed by atoms with van der Waals surface area (Å²) >= 11 is 0. The van der Waals surface area contributed by atoms with Gasteiger partial charge in [-0.15, -0.1) is 0 Å². The molecule has 2 heterocycles. The number of aliphatic hydroxyl groups excluding tert-OH is 1. The van der Waals surface area contributed by atoms with Gasteiger partial charge in [-0.1, -0.05) is 91.0 Å². The van der Waals surface area contributed by atoms with Crippen molar-refractivity contribution in [1.82, 2.24) is 0 Å². The lowest BCUT2D eigenvalue weighted by Crippen LogP contribution is -2.40. The molecule has 0 aliphatic carbocycles. The van der Waals surface area contributed by atoms with Gasteiger partial charge < -0.3 is 14.6 Å². The molecular weight excluding hydrogens is 374 g/mol. The van der Waals surface area contributed by atoms with E-state index < -0.39 is 17.3 Å². The Labute approximate surface area is 176 Å². The van der Waals surface area contributed by atoms with Crippen LogP contribution in [-0.4, -0.2) is 28.8 Å². The number of aliphatic hydroxyl groups is 1. The molecule has 30 heavy (non-hydrogen) atoms. The van der Waals surface area contributed by atoms with Gasteiger partial charge in [0, 0.05) is 0 Å². The van der Waals surface area contributed by atoms with Gasteiger partial charge in [-0.3, -0.25) is 0 Å². The second-order valence-corrected chi connectivity index (χ2v) is 8.58. The van der Waals surface area contributed by atoms with Crippen LogP contribution in [0.2, 0.25) is 0 Å². The van der Waals surface area contributed by atoms with Crippen LogP contribution < -0.4 is 0 Å². The van der Waals surface area contributed by atoms with Gasteiger partial charge in [0.1, 0.15) is 12.7 Å². The molecule has 0 aromatic heterocycles. The molecule has 4 heteroatoms. The van der Waals surface area contributed by atoms with E-state index in [9.17, 15) is 5.11 Å². The van der Waals surface area contributed by atoms with E-state index in [-0.39, 0.29) is 5.54 Å². The third-order valence-electron chi connectivity index (χ3n) is 5.94. The molecule has 0 spiro atoms. The van der Waals surface area contributed by atoms with Crippen molar-refractivity contribution in [2.75, 3.05) is 6.61 Å². The number of rotatable bonds is 5. The second kappa shape index (κ2) is 6.79. The van der Waals surface area contributed by atoms with Crippen LogP contribution in [0.25, 0.3) is 0 Å². The van der Waals surface area contributed by atoms with E-state index in [1.165, 1.54) is 0 Å². The number of epoxide rings is 1. The summed E-state index contributed by atoms with van der Waals surface area (Å²) < 4.78 is 12.8. The zero-order chi connectivity index (χ0) is 20.8. The number of ether oxygens (including phenoxy) is 2. The molecule has 1 fully saturated rings. The van der Waals surface area contributed by atoms with Crippen LogP contribution in [-0.2, 0) is 15.1 Å². The summed E-state index contributed by atoms with van der Waals surface area (Å²) in [5.41, 5.74) is 0.269. The van der Waals surface area contributed by atoms with Crippen LogP contribution in [0.4, 0.5) is 0 Å². The monoisotopic (exact) mass is 399 g/mol. The van der Waals surface area contributed by atoms with Crippen LogP contribution in [0.15, 0.2) is 96.0 Å². The molecule has 2 atom stereocenters. The molecule has 152 valence electrons. The average molecular weight is 399 g/mol. The Morgan fingerprint density at radius 3 is 1.77 bits per heavy atom. The Balaban J connectivity index is 1.75. The number of nitrogens with zero attached hydrogens (tertiary/aromatic N) is 1. The van der Waals surface area contributed by atoms with Crippen molar-refractivity contribution in [2.24, 2.45) is 4.99 Å². The third-order valence-corrected chi connectivity index (χ3v) is 5.94. The Morgan fingerprint density at radius 1 is 0.800 bits per heavy atom. The quantitative estimate of drug-likeness (QED) is 0.636. The molecule has 3 aromatic rings. The molecular formula is C26H25NO3. The lowest BCUT2D eigenvalue weighted by Gasteiger charge is -2.25. The fourth-order valence-corrected chi connectivity index (χ4v) is 4.48. The fraction of sp³-hybridized carbons (Fsp3) is 0.269. The van der Waals surface area contributed by atoms with E-state index in [4.69, 9.17) is 14.5 Å². The van der Waals surface area contributed by atoms with Gasteiger partial charge in [0.05, 0.1) is 5.54 Å². The largest absolute Gasteiger partial charge is 0.476 e. The van der Waals surface area contributed by atoms with E-state index in [0.29, 0.717) is 12.5 Å². The maximum atomic E-state index is 11.7. The minimum Gasteiger partial charge on any atom is -0.476 e. The second-order valence-electron chi connectivity index (χ2n) is 8.58. The zero-order valence-corrected chi connectivity index (χ0v) is 17.2. The summed E-state index contributed by atoms with van der Waals surface area (Å²) in [5.74, 6) is 0.455. The average Bonchev–Trinajstić information content (AvgIpc) is 3.38.